The molecule has 3 rings (SSSR count). The predicted octanol–water partition coefficient (Wildman–Crippen LogP) is 2.81. The third-order valence-corrected chi connectivity index (χ3v) is 3.26. The van der Waals surface area contributed by atoms with E-state index in [1.165, 1.54) is 13.2 Å². The Morgan fingerprint density at radius 1 is 1.12 bits per heavy atom. The molecule has 7 nitrogen and oxygen atoms in total. The summed E-state index contributed by atoms with van der Waals surface area (Å²) in [5.41, 5.74) is 1.77. The van der Waals surface area contributed by atoms with Gasteiger partial charge in [0.2, 0.25) is 5.76 Å². The van der Waals surface area contributed by atoms with Crippen LogP contribution < -0.4 is 0 Å². The number of esters is 2. The molecule has 0 aliphatic carbocycles. The number of hydrogen-bond donors (Lipinski definition) is 1. The Morgan fingerprint density at radius 3 is 2.67 bits per heavy atom. The zero-order valence-corrected chi connectivity index (χ0v) is 12.8. The average Bonchev–Trinajstić information content (AvgIpc) is 3.29. The molecule has 0 fully saturated rings. The molecule has 0 spiro atoms. The summed E-state index contributed by atoms with van der Waals surface area (Å²) < 4.78 is 14.9. The van der Waals surface area contributed by atoms with Crippen LogP contribution in [0, 0.1) is 0 Å². The van der Waals surface area contributed by atoms with Crippen molar-refractivity contribution in [2.75, 3.05) is 7.11 Å². The van der Waals surface area contributed by atoms with E-state index in [0.717, 1.165) is 5.56 Å². The number of nitrogens with one attached hydrogen (secondary N) is 1. The van der Waals surface area contributed by atoms with Gasteiger partial charge in [-0.2, -0.15) is 5.10 Å². The summed E-state index contributed by atoms with van der Waals surface area (Å²) in [7, 11) is 1.26. The van der Waals surface area contributed by atoms with E-state index in [1.807, 2.05) is 30.3 Å². The van der Waals surface area contributed by atoms with Crippen molar-refractivity contribution in [2.45, 2.75) is 6.61 Å². The summed E-state index contributed by atoms with van der Waals surface area (Å²) >= 11 is 0. The fourth-order valence-electron chi connectivity index (χ4n) is 2.06. The van der Waals surface area contributed by atoms with Gasteiger partial charge in [-0.3, -0.25) is 5.10 Å². The molecule has 3 aromatic rings. The number of nitrogens with zero attached hydrogens (tertiary/aromatic N) is 1. The van der Waals surface area contributed by atoms with Gasteiger partial charge in [-0.1, -0.05) is 30.3 Å². The lowest BCUT2D eigenvalue weighted by atomic mass is 10.1. The lowest BCUT2D eigenvalue weighted by Gasteiger charge is -2.00. The second kappa shape index (κ2) is 6.82. The number of carbonyl (C=O) groups is 2. The van der Waals surface area contributed by atoms with Gasteiger partial charge in [-0.05, 0) is 18.2 Å². The summed E-state index contributed by atoms with van der Waals surface area (Å²) in [5.74, 6) is -0.766. The van der Waals surface area contributed by atoms with Crippen molar-refractivity contribution in [3.8, 4) is 11.3 Å². The first-order chi connectivity index (χ1) is 11.7. The van der Waals surface area contributed by atoms with Crippen molar-refractivity contribution in [3.63, 3.8) is 0 Å². The van der Waals surface area contributed by atoms with Crippen molar-refractivity contribution in [1.82, 2.24) is 10.2 Å². The van der Waals surface area contributed by atoms with E-state index in [2.05, 4.69) is 14.9 Å². The Labute approximate surface area is 137 Å². The number of H-pyrrole nitrogens is 1. The highest BCUT2D eigenvalue weighted by atomic mass is 16.6. The van der Waals surface area contributed by atoms with Crippen LogP contribution in [0.1, 0.15) is 26.8 Å². The van der Waals surface area contributed by atoms with Gasteiger partial charge in [0, 0.05) is 5.56 Å². The molecule has 0 aliphatic heterocycles. The van der Waals surface area contributed by atoms with Crippen LogP contribution >= 0.6 is 0 Å². The number of aromatic nitrogens is 2. The number of rotatable bonds is 5. The lowest BCUT2D eigenvalue weighted by Crippen LogP contribution is -2.05. The molecule has 0 unspecified atom stereocenters. The molecule has 1 aromatic carbocycles. The molecule has 122 valence electrons. The van der Waals surface area contributed by atoms with Crippen molar-refractivity contribution in [1.29, 1.82) is 0 Å². The second-order valence-corrected chi connectivity index (χ2v) is 4.87. The van der Waals surface area contributed by atoms with E-state index < -0.39 is 11.9 Å². The highest BCUT2D eigenvalue weighted by Crippen LogP contribution is 2.18. The number of hydrogen-bond acceptors (Lipinski definition) is 6. The molecule has 0 atom stereocenters. The number of aromatic amines is 1. The fourth-order valence-corrected chi connectivity index (χ4v) is 2.06. The van der Waals surface area contributed by atoms with Gasteiger partial charge in [0.15, 0.2) is 0 Å². The maximum absolute atomic E-state index is 12.0. The van der Waals surface area contributed by atoms with Crippen LogP contribution in [0.2, 0.25) is 0 Å². The molecule has 2 aromatic heterocycles. The molecular formula is C17H14N2O5. The fraction of sp³-hybridized carbons (Fsp3) is 0.118. The van der Waals surface area contributed by atoms with Gasteiger partial charge in [-0.15, -0.1) is 0 Å². The lowest BCUT2D eigenvalue weighted by molar-refractivity contribution is 0.0431. The summed E-state index contributed by atoms with van der Waals surface area (Å²) in [6, 6.07) is 14.1. The molecule has 0 saturated heterocycles. The van der Waals surface area contributed by atoms with Crippen LogP contribution in [0.15, 0.2) is 52.9 Å². The zero-order valence-electron chi connectivity index (χ0n) is 12.8. The van der Waals surface area contributed by atoms with Gasteiger partial charge in [0.25, 0.3) is 0 Å². The Morgan fingerprint density at radius 2 is 1.92 bits per heavy atom. The Hall–Kier alpha value is -3.35. The number of methoxy groups -OCH3 is 1. The number of benzene rings is 1. The highest BCUT2D eigenvalue weighted by Gasteiger charge is 2.15. The smallest absolute Gasteiger partial charge is 0.373 e. The molecule has 0 amide bonds. The van der Waals surface area contributed by atoms with E-state index >= 15 is 0 Å². The van der Waals surface area contributed by atoms with Gasteiger partial charge in [-0.25, -0.2) is 9.59 Å². The van der Waals surface area contributed by atoms with Crippen molar-refractivity contribution < 1.29 is 23.5 Å². The molecule has 7 heteroatoms. The maximum atomic E-state index is 12.0. The van der Waals surface area contributed by atoms with E-state index in [-0.39, 0.29) is 18.1 Å². The normalized spacial score (nSPS) is 10.4. The highest BCUT2D eigenvalue weighted by molar-refractivity contribution is 5.88. The van der Waals surface area contributed by atoms with Crippen molar-refractivity contribution in [3.05, 3.63) is 65.7 Å². The second-order valence-electron chi connectivity index (χ2n) is 4.87. The molecule has 0 saturated carbocycles. The van der Waals surface area contributed by atoms with Gasteiger partial charge < -0.3 is 13.9 Å². The Bertz CT molecular complexity index is 851. The van der Waals surface area contributed by atoms with Crippen molar-refractivity contribution in [2.24, 2.45) is 0 Å². The standard InChI is InChI=1S/C17H14N2O5/c1-22-17(21)15-8-7-12(24-15)10-23-16(20)14-9-13(18-19-14)11-5-3-2-4-6-11/h2-9H,10H2,1H3,(H,18,19). The number of furan rings is 1. The molecule has 0 radical (unpaired) electrons. The largest absolute Gasteiger partial charge is 0.463 e. The third-order valence-electron chi connectivity index (χ3n) is 3.26. The van der Waals surface area contributed by atoms with Crippen LogP contribution in [-0.4, -0.2) is 29.2 Å². The van der Waals surface area contributed by atoms with Gasteiger partial charge in [0.05, 0.1) is 12.8 Å². The topological polar surface area (TPSA) is 94.4 Å². The predicted molar refractivity (Wildman–Crippen MR) is 83.2 cm³/mol. The number of ether oxygens (including phenoxy) is 2. The summed E-state index contributed by atoms with van der Waals surface area (Å²) in [5, 5.41) is 6.73. The van der Waals surface area contributed by atoms with Crippen LogP contribution in [-0.2, 0) is 16.1 Å². The first-order valence-corrected chi connectivity index (χ1v) is 7.12. The monoisotopic (exact) mass is 326 g/mol. The SMILES string of the molecule is COC(=O)c1ccc(COC(=O)c2cc(-c3ccccc3)n[nH]2)o1. The van der Waals surface area contributed by atoms with Crippen LogP contribution in [0.4, 0.5) is 0 Å². The Balaban J connectivity index is 1.62. The molecular weight excluding hydrogens is 312 g/mol. The number of carbonyl (C=O) groups excluding carboxylic acids is 2. The van der Waals surface area contributed by atoms with E-state index in [0.29, 0.717) is 11.5 Å². The minimum Gasteiger partial charge on any atom is -0.463 e. The third kappa shape index (κ3) is 3.35. The summed E-state index contributed by atoms with van der Waals surface area (Å²) in [4.78, 5) is 23.3. The molecule has 24 heavy (non-hydrogen) atoms. The quantitative estimate of drug-likeness (QED) is 0.725. The van der Waals surface area contributed by atoms with E-state index in [9.17, 15) is 9.59 Å². The molecule has 0 bridgehead atoms. The first kappa shape index (κ1) is 15.5. The van der Waals surface area contributed by atoms with Crippen LogP contribution in [0.25, 0.3) is 11.3 Å². The summed E-state index contributed by atoms with van der Waals surface area (Å²) in [6.07, 6.45) is 0. The van der Waals surface area contributed by atoms with Crippen LogP contribution in [0.5, 0.6) is 0 Å². The van der Waals surface area contributed by atoms with Gasteiger partial charge >= 0.3 is 11.9 Å². The van der Waals surface area contributed by atoms with Crippen LogP contribution in [0.3, 0.4) is 0 Å². The van der Waals surface area contributed by atoms with E-state index in [4.69, 9.17) is 9.15 Å². The average molecular weight is 326 g/mol. The van der Waals surface area contributed by atoms with Gasteiger partial charge in [0.1, 0.15) is 18.1 Å². The zero-order chi connectivity index (χ0) is 16.9. The first-order valence-electron chi connectivity index (χ1n) is 7.12. The Kier molecular flexibility index (Phi) is 4.42. The summed E-state index contributed by atoms with van der Waals surface area (Å²) in [6.45, 7) is -0.102. The molecule has 1 N–H and O–H groups in total. The van der Waals surface area contributed by atoms with Crippen molar-refractivity contribution >= 4 is 11.9 Å². The van der Waals surface area contributed by atoms with E-state index in [1.54, 1.807) is 12.1 Å². The maximum Gasteiger partial charge on any atom is 0.373 e. The minimum atomic E-state index is -0.589. The minimum absolute atomic E-state index is 0.0523. The molecule has 2 heterocycles. The molecule has 0 aliphatic rings.